The van der Waals surface area contributed by atoms with E-state index in [0.717, 1.165) is 5.92 Å². The molecule has 1 saturated heterocycles. The highest BCUT2D eigenvalue weighted by Crippen LogP contribution is 2.56. The molecular formula is C11H12BrN. The molecule has 0 bridgehead atoms. The van der Waals surface area contributed by atoms with E-state index in [1.165, 1.54) is 29.5 Å². The van der Waals surface area contributed by atoms with Crippen molar-refractivity contribution in [2.24, 2.45) is 5.92 Å². The van der Waals surface area contributed by atoms with E-state index in [1.54, 1.807) is 0 Å². The van der Waals surface area contributed by atoms with E-state index in [9.17, 15) is 0 Å². The van der Waals surface area contributed by atoms with E-state index < -0.39 is 0 Å². The maximum atomic E-state index is 3.47. The Kier molecular flexibility index (Phi) is 1.59. The molecule has 0 radical (unpaired) electrons. The van der Waals surface area contributed by atoms with E-state index in [1.807, 2.05) is 0 Å². The van der Waals surface area contributed by atoms with Gasteiger partial charge >= 0.3 is 0 Å². The first-order valence-corrected chi connectivity index (χ1v) is 5.57. The van der Waals surface area contributed by atoms with Crippen LogP contribution in [0.2, 0.25) is 0 Å². The number of rotatable bonds is 1. The molecule has 0 amide bonds. The summed E-state index contributed by atoms with van der Waals surface area (Å²) in [5, 5.41) is 3.46. The van der Waals surface area contributed by atoms with Crippen molar-refractivity contribution in [3.05, 3.63) is 34.3 Å². The van der Waals surface area contributed by atoms with Gasteiger partial charge in [-0.3, -0.25) is 0 Å². The molecule has 68 valence electrons. The van der Waals surface area contributed by atoms with Crippen LogP contribution in [0.15, 0.2) is 28.7 Å². The minimum Gasteiger partial charge on any atom is -0.316 e. The molecule has 13 heavy (non-hydrogen) atoms. The molecule has 2 aliphatic rings. The molecule has 1 N–H and O–H groups in total. The molecule has 1 nitrogen and oxygen atoms in total. The summed E-state index contributed by atoms with van der Waals surface area (Å²) >= 11 is 3.47. The first-order chi connectivity index (χ1) is 6.31. The minimum atomic E-state index is 0.515. The van der Waals surface area contributed by atoms with Crippen molar-refractivity contribution >= 4 is 15.9 Å². The van der Waals surface area contributed by atoms with Crippen molar-refractivity contribution in [3.63, 3.8) is 0 Å². The molecule has 3 rings (SSSR count). The van der Waals surface area contributed by atoms with Crippen LogP contribution >= 0.6 is 15.9 Å². The molecule has 2 fully saturated rings. The summed E-state index contributed by atoms with van der Waals surface area (Å²) in [6.07, 6.45) is 1.39. The lowest BCUT2D eigenvalue weighted by Gasteiger charge is -2.11. The summed E-state index contributed by atoms with van der Waals surface area (Å²) in [6.45, 7) is 2.40. The van der Waals surface area contributed by atoms with Crippen molar-refractivity contribution in [1.82, 2.24) is 5.32 Å². The van der Waals surface area contributed by atoms with Gasteiger partial charge in [0.25, 0.3) is 0 Å². The van der Waals surface area contributed by atoms with E-state index in [0.29, 0.717) is 5.41 Å². The van der Waals surface area contributed by atoms with Crippen LogP contribution in [0.25, 0.3) is 0 Å². The fraction of sp³-hybridized carbons (Fsp3) is 0.455. The van der Waals surface area contributed by atoms with Crippen molar-refractivity contribution < 1.29 is 0 Å². The van der Waals surface area contributed by atoms with Crippen molar-refractivity contribution in [3.8, 4) is 0 Å². The third-order valence-corrected chi connectivity index (χ3v) is 4.01. The summed E-state index contributed by atoms with van der Waals surface area (Å²) in [5.41, 5.74) is 2.03. The van der Waals surface area contributed by atoms with Gasteiger partial charge < -0.3 is 5.32 Å². The Morgan fingerprint density at radius 3 is 2.62 bits per heavy atom. The van der Waals surface area contributed by atoms with Gasteiger partial charge in [0.1, 0.15) is 0 Å². The Morgan fingerprint density at radius 2 is 2.08 bits per heavy atom. The Morgan fingerprint density at radius 1 is 1.31 bits per heavy atom. The lowest BCUT2D eigenvalue weighted by molar-refractivity contribution is 0.675. The molecule has 1 aliphatic carbocycles. The van der Waals surface area contributed by atoms with Gasteiger partial charge in [-0.25, -0.2) is 0 Å². The van der Waals surface area contributed by atoms with Crippen molar-refractivity contribution in [2.75, 3.05) is 13.1 Å². The molecule has 1 saturated carbocycles. The van der Waals surface area contributed by atoms with Crippen LogP contribution in [0.5, 0.6) is 0 Å². The molecule has 2 heteroatoms. The van der Waals surface area contributed by atoms with E-state index in [-0.39, 0.29) is 0 Å². The smallest absolute Gasteiger partial charge is 0.0175 e. The zero-order valence-corrected chi connectivity index (χ0v) is 8.97. The average Bonchev–Trinajstić information content (AvgIpc) is 2.71. The zero-order chi connectivity index (χ0) is 8.89. The molecule has 1 aromatic rings. The predicted octanol–water partition coefficient (Wildman–Crippen LogP) is 2.31. The van der Waals surface area contributed by atoms with E-state index in [2.05, 4.69) is 45.5 Å². The molecule has 0 aromatic heterocycles. The molecule has 0 unspecified atom stereocenters. The summed E-state index contributed by atoms with van der Waals surface area (Å²) in [6, 6.07) is 8.82. The summed E-state index contributed by atoms with van der Waals surface area (Å²) in [7, 11) is 0. The first kappa shape index (κ1) is 8.01. The molecule has 0 spiro atoms. The second kappa shape index (κ2) is 2.58. The second-order valence-corrected chi connectivity index (χ2v) is 5.11. The van der Waals surface area contributed by atoms with Gasteiger partial charge in [-0.15, -0.1) is 0 Å². The van der Waals surface area contributed by atoms with Crippen LogP contribution in [0.1, 0.15) is 12.0 Å². The average molecular weight is 238 g/mol. The van der Waals surface area contributed by atoms with Gasteiger partial charge in [0.05, 0.1) is 0 Å². The van der Waals surface area contributed by atoms with Gasteiger partial charge in [0.2, 0.25) is 0 Å². The Hall–Kier alpha value is -0.340. The Labute approximate surface area is 86.7 Å². The Balaban J connectivity index is 1.97. The van der Waals surface area contributed by atoms with Crippen LogP contribution < -0.4 is 5.32 Å². The highest BCUT2D eigenvalue weighted by Gasteiger charge is 2.57. The van der Waals surface area contributed by atoms with Crippen molar-refractivity contribution in [1.29, 1.82) is 0 Å². The maximum Gasteiger partial charge on any atom is 0.0175 e. The quantitative estimate of drug-likeness (QED) is 0.791. The fourth-order valence-corrected chi connectivity index (χ4v) is 2.84. The predicted molar refractivity (Wildman–Crippen MR) is 56.8 cm³/mol. The van der Waals surface area contributed by atoms with Crippen molar-refractivity contribution in [2.45, 2.75) is 11.8 Å². The third kappa shape index (κ3) is 1.09. The van der Waals surface area contributed by atoms with Crippen LogP contribution in [0.3, 0.4) is 0 Å². The van der Waals surface area contributed by atoms with Gasteiger partial charge in [-0.05, 0) is 36.6 Å². The molecule has 1 aliphatic heterocycles. The molecule has 1 heterocycles. The Bertz CT molecular complexity index is 332. The van der Waals surface area contributed by atoms with E-state index in [4.69, 9.17) is 0 Å². The highest BCUT2D eigenvalue weighted by molar-refractivity contribution is 9.10. The number of hydrogen-bond donors (Lipinski definition) is 1. The normalized spacial score (nSPS) is 35.9. The minimum absolute atomic E-state index is 0.515. The monoisotopic (exact) mass is 237 g/mol. The first-order valence-electron chi connectivity index (χ1n) is 4.78. The van der Waals surface area contributed by atoms with Gasteiger partial charge in [-0.1, -0.05) is 28.1 Å². The second-order valence-electron chi connectivity index (χ2n) is 4.19. The SMILES string of the molecule is Brc1ccc([C@@]23CNC[C@@H]2C3)cc1. The number of halogens is 1. The van der Waals surface area contributed by atoms with Gasteiger partial charge in [0, 0.05) is 16.4 Å². The fourth-order valence-electron chi connectivity index (χ4n) is 2.57. The molecular weight excluding hydrogens is 226 g/mol. The molecule has 1 aromatic carbocycles. The highest BCUT2D eigenvalue weighted by atomic mass is 79.9. The van der Waals surface area contributed by atoms with Gasteiger partial charge in [-0.2, -0.15) is 0 Å². The molecule has 2 atom stereocenters. The summed E-state index contributed by atoms with van der Waals surface area (Å²) < 4.78 is 1.18. The summed E-state index contributed by atoms with van der Waals surface area (Å²) in [4.78, 5) is 0. The van der Waals surface area contributed by atoms with Crippen LogP contribution in [-0.4, -0.2) is 13.1 Å². The zero-order valence-electron chi connectivity index (χ0n) is 7.39. The lowest BCUT2D eigenvalue weighted by atomic mass is 9.95. The lowest BCUT2D eigenvalue weighted by Crippen LogP contribution is -2.18. The number of hydrogen-bond acceptors (Lipinski definition) is 1. The standard InChI is InChI=1S/C11H12BrN/c12-10-3-1-8(2-4-10)11-5-9(11)6-13-7-11/h1-4,9,13H,5-7H2/t9-,11+/m0/s1. The number of nitrogens with one attached hydrogen (secondary N) is 1. The topological polar surface area (TPSA) is 12.0 Å². The van der Waals surface area contributed by atoms with Crippen LogP contribution in [-0.2, 0) is 5.41 Å². The van der Waals surface area contributed by atoms with Crippen LogP contribution in [0.4, 0.5) is 0 Å². The number of piperidine rings is 1. The maximum absolute atomic E-state index is 3.47. The summed E-state index contributed by atoms with van der Waals surface area (Å²) in [5.74, 6) is 0.911. The largest absolute Gasteiger partial charge is 0.316 e. The van der Waals surface area contributed by atoms with Crippen LogP contribution in [0, 0.1) is 5.92 Å². The third-order valence-electron chi connectivity index (χ3n) is 3.48. The number of fused-ring (bicyclic) bond motifs is 1. The van der Waals surface area contributed by atoms with E-state index >= 15 is 0 Å². The number of benzene rings is 1. The van der Waals surface area contributed by atoms with Gasteiger partial charge in [0.15, 0.2) is 0 Å².